The first-order valence-electron chi connectivity index (χ1n) is 22.4. The number of unbranched alkanes of at least 4 members (excludes halogenated alkanes) is 24. The number of allylic oxidation sites excluding steroid dienone is 4. The second kappa shape index (κ2) is 39.8. The van der Waals surface area contributed by atoms with Gasteiger partial charge in [-0.25, -0.2) is 4.57 Å². The summed E-state index contributed by atoms with van der Waals surface area (Å²) in [6.45, 7) is 2.79. The van der Waals surface area contributed by atoms with E-state index in [2.05, 4.69) is 42.7 Å². The van der Waals surface area contributed by atoms with E-state index in [9.17, 15) is 23.8 Å². The number of carboxylic acids is 1. The van der Waals surface area contributed by atoms with Crippen LogP contribution < -0.4 is 5.73 Å². The quantitative estimate of drug-likeness (QED) is 0.0232. The van der Waals surface area contributed by atoms with Crippen molar-refractivity contribution in [2.75, 3.05) is 19.8 Å². The fourth-order valence-corrected chi connectivity index (χ4v) is 6.89. The molecule has 0 aromatic carbocycles. The minimum atomic E-state index is -4.72. The molecule has 0 spiro atoms. The van der Waals surface area contributed by atoms with Crippen molar-refractivity contribution in [3.63, 3.8) is 0 Å². The number of phosphoric acid groups is 1. The van der Waals surface area contributed by atoms with E-state index in [-0.39, 0.29) is 19.4 Å². The van der Waals surface area contributed by atoms with Crippen LogP contribution in [0, 0.1) is 0 Å². The molecule has 0 bridgehead atoms. The van der Waals surface area contributed by atoms with E-state index in [0.29, 0.717) is 12.8 Å². The molecule has 4 N–H and O–H groups in total. The van der Waals surface area contributed by atoms with E-state index in [0.717, 1.165) is 64.2 Å². The molecule has 328 valence electrons. The van der Waals surface area contributed by atoms with Gasteiger partial charge in [-0.2, -0.15) is 0 Å². The monoisotopic (exact) mass is 816 g/mol. The minimum Gasteiger partial charge on any atom is -0.480 e. The topological polar surface area (TPSA) is 172 Å². The summed E-state index contributed by atoms with van der Waals surface area (Å²) in [6, 6.07) is -1.52. The molecule has 0 fully saturated rings. The number of ether oxygens (including phenoxy) is 2. The van der Waals surface area contributed by atoms with Crippen LogP contribution in [-0.4, -0.2) is 59.9 Å². The van der Waals surface area contributed by atoms with Crippen molar-refractivity contribution in [3.8, 4) is 0 Å². The molecule has 0 heterocycles. The Labute approximate surface area is 340 Å². The first-order chi connectivity index (χ1) is 27.1. The van der Waals surface area contributed by atoms with Gasteiger partial charge in [0.1, 0.15) is 12.6 Å². The van der Waals surface area contributed by atoms with Crippen molar-refractivity contribution >= 4 is 25.7 Å². The largest absolute Gasteiger partial charge is 0.480 e. The van der Waals surface area contributed by atoms with Crippen LogP contribution in [0.5, 0.6) is 0 Å². The van der Waals surface area contributed by atoms with Gasteiger partial charge in [0.15, 0.2) is 6.10 Å². The highest BCUT2D eigenvalue weighted by Gasteiger charge is 2.28. The smallest absolute Gasteiger partial charge is 0.472 e. The Morgan fingerprint density at radius 3 is 1.30 bits per heavy atom. The molecular weight excluding hydrogens is 733 g/mol. The maximum atomic E-state index is 12.6. The second-order valence-corrected chi connectivity index (χ2v) is 16.6. The van der Waals surface area contributed by atoms with E-state index in [4.69, 9.17) is 24.8 Å². The lowest BCUT2D eigenvalue weighted by molar-refractivity contribution is -0.161. The van der Waals surface area contributed by atoms with E-state index < -0.39 is 51.1 Å². The minimum absolute atomic E-state index is 0.152. The summed E-state index contributed by atoms with van der Waals surface area (Å²) < 4.78 is 32.7. The van der Waals surface area contributed by atoms with Gasteiger partial charge < -0.3 is 25.2 Å². The highest BCUT2D eigenvalue weighted by Crippen LogP contribution is 2.43. The molecule has 56 heavy (non-hydrogen) atoms. The maximum Gasteiger partial charge on any atom is 0.472 e. The molecule has 0 saturated carbocycles. The molecule has 12 heteroatoms. The Bertz CT molecular complexity index is 1050. The number of aliphatic carboxylic acids is 1. The van der Waals surface area contributed by atoms with Crippen LogP contribution in [0.15, 0.2) is 24.3 Å². The fourth-order valence-electron chi connectivity index (χ4n) is 6.11. The fraction of sp³-hybridized carbons (Fsp3) is 0.841. The van der Waals surface area contributed by atoms with Crippen molar-refractivity contribution in [2.24, 2.45) is 5.73 Å². The molecule has 0 aliphatic heterocycles. The SMILES string of the molecule is CCCCCCCC/C=C/CCCCCCCCCC(=O)OC[C@H](COP(=O)(O)OC[C@H](N)C(=O)O)OC(=O)CCCCCCC/C=C/CCCCCCCC. The summed E-state index contributed by atoms with van der Waals surface area (Å²) >= 11 is 0. The summed E-state index contributed by atoms with van der Waals surface area (Å²) in [5.41, 5.74) is 5.33. The number of esters is 2. The Morgan fingerprint density at radius 1 is 0.536 bits per heavy atom. The van der Waals surface area contributed by atoms with E-state index in [1.165, 1.54) is 103 Å². The standard InChI is InChI=1S/C44H82NO10P/c1-3-5-7-9-11-13-15-17-19-20-22-23-25-27-29-31-33-35-42(46)52-37-40(38-53-56(50,51)54-39-41(45)44(48)49)55-43(47)36-34-32-30-28-26-24-21-18-16-14-12-10-8-6-4-2/h17-19,21,40-41H,3-16,20,22-39,45H2,1-2H3,(H,48,49)(H,50,51)/b19-17+,21-18+/t40-,41+/m1/s1. The first-order valence-corrected chi connectivity index (χ1v) is 23.9. The summed E-state index contributed by atoms with van der Waals surface area (Å²) in [5, 5.41) is 8.89. The van der Waals surface area contributed by atoms with Gasteiger partial charge >= 0.3 is 25.7 Å². The number of nitrogens with two attached hydrogens (primary N) is 1. The average Bonchev–Trinajstić information content (AvgIpc) is 3.17. The van der Waals surface area contributed by atoms with E-state index in [1.807, 2.05) is 0 Å². The molecule has 0 aromatic heterocycles. The summed E-state index contributed by atoms with van der Waals surface area (Å²) in [7, 11) is -4.72. The van der Waals surface area contributed by atoms with Crippen LogP contribution in [0.25, 0.3) is 0 Å². The normalized spacial score (nSPS) is 13.9. The summed E-state index contributed by atoms with van der Waals surface area (Å²) in [5.74, 6) is -2.39. The number of carbonyl (C=O) groups is 3. The molecule has 0 aliphatic rings. The third-order valence-corrected chi connectivity index (χ3v) is 10.6. The van der Waals surface area contributed by atoms with Crippen molar-refractivity contribution in [2.45, 2.75) is 219 Å². The first kappa shape index (κ1) is 54.0. The molecule has 0 radical (unpaired) electrons. The molecular formula is C44H82NO10P. The van der Waals surface area contributed by atoms with E-state index in [1.54, 1.807) is 0 Å². The number of rotatable bonds is 42. The van der Waals surface area contributed by atoms with Gasteiger partial charge in [-0.1, -0.05) is 154 Å². The molecule has 0 aromatic rings. The maximum absolute atomic E-state index is 12.6. The number of carbonyl (C=O) groups excluding carboxylic acids is 2. The Kier molecular flexibility index (Phi) is 38.3. The van der Waals surface area contributed by atoms with Crippen LogP contribution in [0.3, 0.4) is 0 Å². The van der Waals surface area contributed by atoms with Crippen LogP contribution >= 0.6 is 7.82 Å². The molecule has 1 unspecified atom stereocenters. The lowest BCUT2D eigenvalue weighted by Crippen LogP contribution is -2.34. The number of hydrogen-bond acceptors (Lipinski definition) is 9. The number of hydrogen-bond donors (Lipinski definition) is 3. The van der Waals surface area contributed by atoms with E-state index >= 15 is 0 Å². The number of carboxylic acid groups (broad SMARTS) is 1. The summed E-state index contributed by atoms with van der Waals surface area (Å²) in [4.78, 5) is 46.0. The lowest BCUT2D eigenvalue weighted by Gasteiger charge is -2.20. The number of phosphoric ester groups is 1. The van der Waals surface area contributed by atoms with Crippen molar-refractivity contribution in [1.82, 2.24) is 0 Å². The summed E-state index contributed by atoms with van der Waals surface area (Å²) in [6.07, 6.45) is 40.9. The molecule has 11 nitrogen and oxygen atoms in total. The van der Waals surface area contributed by atoms with Gasteiger partial charge in [0.2, 0.25) is 0 Å². The van der Waals surface area contributed by atoms with Gasteiger partial charge in [0, 0.05) is 12.8 Å². The molecule has 0 aliphatic carbocycles. The van der Waals surface area contributed by atoms with Crippen molar-refractivity contribution in [3.05, 3.63) is 24.3 Å². The zero-order chi connectivity index (χ0) is 41.4. The predicted octanol–water partition coefficient (Wildman–Crippen LogP) is 11.8. The van der Waals surface area contributed by atoms with Gasteiger partial charge in [0.25, 0.3) is 0 Å². The third-order valence-electron chi connectivity index (χ3n) is 9.67. The molecule has 3 atom stereocenters. The van der Waals surface area contributed by atoms with Crippen LogP contribution in [0.1, 0.15) is 206 Å². The van der Waals surface area contributed by atoms with Gasteiger partial charge in [-0.3, -0.25) is 23.4 Å². The molecule has 0 rings (SSSR count). The zero-order valence-electron chi connectivity index (χ0n) is 35.5. The zero-order valence-corrected chi connectivity index (χ0v) is 36.4. The van der Waals surface area contributed by atoms with Crippen LogP contribution in [0.4, 0.5) is 0 Å². The van der Waals surface area contributed by atoms with Gasteiger partial charge in [-0.15, -0.1) is 0 Å². The Balaban J connectivity index is 4.35. The van der Waals surface area contributed by atoms with Gasteiger partial charge in [-0.05, 0) is 64.2 Å². The van der Waals surface area contributed by atoms with Crippen LogP contribution in [0.2, 0.25) is 0 Å². The second-order valence-electron chi connectivity index (χ2n) is 15.2. The lowest BCUT2D eigenvalue weighted by atomic mass is 10.1. The van der Waals surface area contributed by atoms with Gasteiger partial charge in [0.05, 0.1) is 13.2 Å². The molecule has 0 amide bonds. The predicted molar refractivity (Wildman–Crippen MR) is 226 cm³/mol. The van der Waals surface area contributed by atoms with Crippen LogP contribution in [-0.2, 0) is 37.5 Å². The molecule has 0 saturated heterocycles. The Morgan fingerprint density at radius 2 is 0.893 bits per heavy atom. The highest BCUT2D eigenvalue weighted by atomic mass is 31.2. The average molecular weight is 816 g/mol. The third kappa shape index (κ3) is 38.8. The van der Waals surface area contributed by atoms with Crippen molar-refractivity contribution < 1.29 is 47.5 Å². The Hall–Kier alpha value is -2.04. The van der Waals surface area contributed by atoms with Crippen molar-refractivity contribution in [1.29, 1.82) is 0 Å². The highest BCUT2D eigenvalue weighted by molar-refractivity contribution is 7.47.